The van der Waals surface area contributed by atoms with Crippen molar-refractivity contribution in [3.05, 3.63) is 0 Å². The minimum Gasteiger partial charge on any atom is -0.287 e. The summed E-state index contributed by atoms with van der Waals surface area (Å²) in [5.41, 5.74) is 0. The number of rotatable bonds is 5. The molecule has 0 aromatic carbocycles. The fraction of sp³-hybridized carbons (Fsp3) is 1.00. The summed E-state index contributed by atoms with van der Waals surface area (Å²) in [5, 5.41) is 0. The molecule has 0 rings (SSSR count). The molecule has 0 aromatic heterocycles. The zero-order valence-corrected chi connectivity index (χ0v) is 7.44. The molecule has 0 N–H and O–H groups in total. The Labute approximate surface area is 58.8 Å². The molecule has 0 saturated heterocycles. The highest BCUT2D eigenvalue weighted by atomic mass is 28.3. The molecule has 55 valence electrons. The van der Waals surface area contributed by atoms with Crippen molar-refractivity contribution >= 4 is 9.04 Å². The van der Waals surface area contributed by atoms with E-state index in [2.05, 4.69) is 20.0 Å². The highest BCUT2D eigenvalue weighted by molar-refractivity contribution is 6.48. The number of hydrogen-bond acceptors (Lipinski definition) is 2. The lowest BCUT2D eigenvalue weighted by molar-refractivity contribution is -0.212. The van der Waals surface area contributed by atoms with Crippen LogP contribution in [0, 0.1) is 0 Å². The van der Waals surface area contributed by atoms with E-state index in [1.54, 1.807) is 0 Å². The Morgan fingerprint density at radius 1 is 1.33 bits per heavy atom. The van der Waals surface area contributed by atoms with Gasteiger partial charge in [-0.3, -0.25) is 4.58 Å². The molecule has 9 heavy (non-hydrogen) atoms. The minimum absolute atomic E-state index is 0.637. The molecule has 0 fully saturated rings. The molecule has 0 bridgehead atoms. The van der Waals surface area contributed by atoms with Gasteiger partial charge in [0, 0.05) is 0 Å². The van der Waals surface area contributed by atoms with Gasteiger partial charge in [0.05, 0.1) is 6.61 Å². The van der Waals surface area contributed by atoms with E-state index in [9.17, 15) is 0 Å². The van der Waals surface area contributed by atoms with Gasteiger partial charge < -0.3 is 0 Å². The van der Waals surface area contributed by atoms with Crippen LogP contribution in [0.15, 0.2) is 0 Å². The van der Waals surface area contributed by atoms with Crippen molar-refractivity contribution in [1.82, 2.24) is 0 Å². The number of unbranched alkanes of at least 4 members (excludes halogenated alkanes) is 1. The smallest absolute Gasteiger partial charge is 0.254 e. The van der Waals surface area contributed by atoms with E-state index in [1.807, 2.05) is 0 Å². The maximum atomic E-state index is 4.95. The van der Waals surface area contributed by atoms with Crippen LogP contribution >= 0.6 is 0 Å². The molecule has 0 amide bonds. The average molecular weight is 147 g/mol. The van der Waals surface area contributed by atoms with E-state index in [-0.39, 0.29) is 0 Å². The first-order chi connectivity index (χ1) is 4.27. The third kappa shape index (κ3) is 8.14. The Balaban J connectivity index is 2.75. The van der Waals surface area contributed by atoms with Gasteiger partial charge in [-0.2, -0.15) is 0 Å². The summed E-state index contributed by atoms with van der Waals surface area (Å²) in [6, 6.07) is 0. The van der Waals surface area contributed by atoms with E-state index in [0.29, 0.717) is 0 Å². The predicted molar refractivity (Wildman–Crippen MR) is 39.4 cm³/mol. The van der Waals surface area contributed by atoms with Gasteiger partial charge in [-0.25, -0.2) is 4.89 Å². The van der Waals surface area contributed by atoms with Gasteiger partial charge in [-0.1, -0.05) is 13.3 Å². The summed E-state index contributed by atoms with van der Waals surface area (Å²) in [4.78, 5) is 4.88. The molecule has 3 heteroatoms. The SMILES string of the molecule is CCCCOO[Si](C)C. The molecule has 1 radical (unpaired) electrons. The first-order valence-corrected chi connectivity index (χ1v) is 5.77. The van der Waals surface area contributed by atoms with E-state index < -0.39 is 9.04 Å². The van der Waals surface area contributed by atoms with Gasteiger partial charge in [0.1, 0.15) is 0 Å². The normalized spacial score (nSPS) is 10.7. The Hall–Kier alpha value is 0.137. The van der Waals surface area contributed by atoms with Crippen LogP contribution in [0.2, 0.25) is 13.1 Å². The largest absolute Gasteiger partial charge is 0.287 e. The lowest BCUT2D eigenvalue weighted by atomic mass is 10.4. The van der Waals surface area contributed by atoms with Gasteiger partial charge in [-0.05, 0) is 19.5 Å². The molecule has 2 nitrogen and oxygen atoms in total. The van der Waals surface area contributed by atoms with Crippen molar-refractivity contribution in [3.8, 4) is 0 Å². The monoisotopic (exact) mass is 147 g/mol. The Bertz CT molecular complexity index is 57.0. The lowest BCUT2D eigenvalue weighted by Crippen LogP contribution is -2.08. The molecule has 0 spiro atoms. The van der Waals surface area contributed by atoms with E-state index in [4.69, 9.17) is 9.46 Å². The van der Waals surface area contributed by atoms with Crippen molar-refractivity contribution in [2.75, 3.05) is 6.61 Å². The van der Waals surface area contributed by atoms with Crippen LogP contribution in [0.3, 0.4) is 0 Å². The van der Waals surface area contributed by atoms with Gasteiger partial charge in [0.25, 0.3) is 9.04 Å². The van der Waals surface area contributed by atoms with Crippen molar-refractivity contribution in [2.45, 2.75) is 32.9 Å². The van der Waals surface area contributed by atoms with E-state index in [1.165, 1.54) is 6.42 Å². The first kappa shape index (κ1) is 9.14. The van der Waals surface area contributed by atoms with E-state index >= 15 is 0 Å². The fourth-order valence-electron chi connectivity index (χ4n) is 0.363. The van der Waals surface area contributed by atoms with E-state index in [0.717, 1.165) is 13.0 Å². The summed E-state index contributed by atoms with van der Waals surface area (Å²) in [6.07, 6.45) is 2.26. The van der Waals surface area contributed by atoms with Crippen LogP contribution < -0.4 is 0 Å². The maximum Gasteiger partial charge on any atom is 0.254 e. The van der Waals surface area contributed by atoms with Crippen LogP contribution in [0.4, 0.5) is 0 Å². The van der Waals surface area contributed by atoms with Gasteiger partial charge in [0.2, 0.25) is 0 Å². The topological polar surface area (TPSA) is 18.5 Å². The molecular formula is C6H15O2Si. The highest BCUT2D eigenvalue weighted by Crippen LogP contribution is 1.90. The standard InChI is InChI=1S/C6H15O2Si/c1-4-5-6-7-8-9(2)3/h4-6H2,1-3H3. The van der Waals surface area contributed by atoms with Gasteiger partial charge >= 0.3 is 0 Å². The summed E-state index contributed by atoms with van der Waals surface area (Å²) in [7, 11) is -0.637. The zero-order chi connectivity index (χ0) is 7.11. The third-order valence-electron chi connectivity index (χ3n) is 0.807. The second-order valence-electron chi connectivity index (χ2n) is 2.17. The Kier molecular flexibility index (Phi) is 6.35. The first-order valence-electron chi connectivity index (χ1n) is 3.37. The molecule has 0 aliphatic heterocycles. The quantitative estimate of drug-likeness (QED) is 0.256. The van der Waals surface area contributed by atoms with Crippen LogP contribution in [-0.2, 0) is 9.46 Å². The molecule has 0 aromatic rings. The summed E-state index contributed by atoms with van der Waals surface area (Å²) in [6.45, 7) is 6.98. The molecule has 0 aliphatic carbocycles. The van der Waals surface area contributed by atoms with Crippen LogP contribution in [-0.4, -0.2) is 15.6 Å². The van der Waals surface area contributed by atoms with Crippen LogP contribution in [0.1, 0.15) is 19.8 Å². The summed E-state index contributed by atoms with van der Waals surface area (Å²) >= 11 is 0. The predicted octanol–water partition coefficient (Wildman–Crippen LogP) is 1.99. The maximum absolute atomic E-state index is 4.95. The lowest BCUT2D eigenvalue weighted by Gasteiger charge is -2.03. The molecular weight excluding hydrogens is 132 g/mol. The molecule has 0 atom stereocenters. The van der Waals surface area contributed by atoms with Crippen LogP contribution in [0.25, 0.3) is 0 Å². The Morgan fingerprint density at radius 3 is 2.44 bits per heavy atom. The summed E-state index contributed by atoms with van der Waals surface area (Å²) in [5.74, 6) is 0. The minimum atomic E-state index is -0.637. The fourth-order valence-corrected chi connectivity index (χ4v) is 0.682. The van der Waals surface area contributed by atoms with Gasteiger partial charge in [0.15, 0.2) is 0 Å². The second kappa shape index (κ2) is 6.26. The summed E-state index contributed by atoms with van der Waals surface area (Å²) < 4.78 is 4.95. The van der Waals surface area contributed by atoms with Crippen molar-refractivity contribution in [1.29, 1.82) is 0 Å². The molecule has 0 aliphatic rings. The zero-order valence-electron chi connectivity index (χ0n) is 6.44. The Morgan fingerprint density at radius 2 is 2.00 bits per heavy atom. The second-order valence-corrected chi connectivity index (χ2v) is 4.15. The third-order valence-corrected chi connectivity index (χ3v) is 1.26. The highest BCUT2D eigenvalue weighted by Gasteiger charge is 1.95. The van der Waals surface area contributed by atoms with Gasteiger partial charge in [-0.15, -0.1) is 0 Å². The van der Waals surface area contributed by atoms with Crippen LogP contribution in [0.5, 0.6) is 0 Å². The van der Waals surface area contributed by atoms with Crippen molar-refractivity contribution in [3.63, 3.8) is 0 Å². The average Bonchev–Trinajstić information content (AvgIpc) is 1.80. The molecule has 0 heterocycles. The van der Waals surface area contributed by atoms with Crippen molar-refractivity contribution in [2.24, 2.45) is 0 Å². The van der Waals surface area contributed by atoms with Crippen molar-refractivity contribution < 1.29 is 9.46 Å². The molecule has 0 saturated carbocycles. The molecule has 0 unspecified atom stereocenters. The number of hydrogen-bond donors (Lipinski definition) is 0.